The lowest BCUT2D eigenvalue weighted by Crippen LogP contribution is -2.61. The summed E-state index contributed by atoms with van der Waals surface area (Å²) in [6, 6.07) is 9.37. The fraction of sp³-hybridized carbons (Fsp3) is 0.375. The molecule has 1 saturated heterocycles. The minimum Gasteiger partial charge on any atom is -0.383 e. The summed E-state index contributed by atoms with van der Waals surface area (Å²) < 4.78 is 58.4. The number of nitrogens with zero attached hydrogens (tertiary/aromatic N) is 3. The van der Waals surface area contributed by atoms with E-state index >= 15 is 0 Å². The molecule has 186 valence electrons. The normalized spacial score (nSPS) is 16.1. The molecule has 0 saturated carbocycles. The van der Waals surface area contributed by atoms with Crippen LogP contribution in [0.2, 0.25) is 0 Å². The van der Waals surface area contributed by atoms with Crippen LogP contribution in [0.15, 0.2) is 42.5 Å². The Morgan fingerprint density at radius 3 is 2.51 bits per heavy atom. The maximum atomic E-state index is 13.4. The van der Waals surface area contributed by atoms with Crippen LogP contribution < -0.4 is 10.2 Å². The molecular formula is C24H24F4N4O3. The number of piperazine rings is 1. The van der Waals surface area contributed by atoms with Gasteiger partial charge in [0.15, 0.2) is 0 Å². The number of nitrogens with one attached hydrogen (secondary N) is 1. The van der Waals surface area contributed by atoms with E-state index in [9.17, 15) is 27.2 Å². The molecule has 3 rings (SSSR count). The first kappa shape index (κ1) is 26.0. The van der Waals surface area contributed by atoms with Crippen LogP contribution in [0.4, 0.5) is 23.2 Å². The Hall–Kier alpha value is -3.65. The van der Waals surface area contributed by atoms with Crippen LogP contribution in [0, 0.1) is 17.1 Å². The molecular weight excluding hydrogens is 468 g/mol. The number of rotatable bonds is 7. The number of ether oxygens (including phenoxy) is 1. The number of anilines is 1. The summed E-state index contributed by atoms with van der Waals surface area (Å²) in [5, 5.41) is 11.7. The van der Waals surface area contributed by atoms with Crippen LogP contribution in [0.5, 0.6) is 0 Å². The van der Waals surface area contributed by atoms with Crippen molar-refractivity contribution >= 4 is 17.5 Å². The van der Waals surface area contributed by atoms with Gasteiger partial charge in [0.25, 0.3) is 0 Å². The lowest BCUT2D eigenvalue weighted by molar-refractivity contribution is -0.140. The maximum absolute atomic E-state index is 13.4. The molecule has 11 heteroatoms. The first-order chi connectivity index (χ1) is 16.6. The summed E-state index contributed by atoms with van der Waals surface area (Å²) >= 11 is 0. The topological polar surface area (TPSA) is 85.7 Å². The molecule has 2 aromatic rings. The van der Waals surface area contributed by atoms with Crippen LogP contribution in [0.3, 0.4) is 0 Å². The van der Waals surface area contributed by atoms with E-state index in [0.717, 1.165) is 12.1 Å². The Morgan fingerprint density at radius 1 is 1.17 bits per heavy atom. The summed E-state index contributed by atoms with van der Waals surface area (Å²) in [4.78, 5) is 28.9. The molecule has 1 aliphatic rings. The second-order valence-electron chi connectivity index (χ2n) is 7.98. The smallest absolute Gasteiger partial charge is 0.383 e. The number of benzene rings is 2. The highest BCUT2D eigenvalue weighted by molar-refractivity contribution is 5.89. The molecule has 0 aromatic heterocycles. The molecule has 0 spiro atoms. The van der Waals surface area contributed by atoms with Crippen molar-refractivity contribution < 1.29 is 31.9 Å². The van der Waals surface area contributed by atoms with E-state index in [1.807, 2.05) is 0 Å². The SMILES string of the molecule is COCCNC(=O)C1CN(c2ccc(C#N)c(C(F)(F)F)c2)CCN1C(=O)Cc1ccc(F)cc1. The lowest BCUT2D eigenvalue weighted by Gasteiger charge is -2.41. The zero-order valence-corrected chi connectivity index (χ0v) is 18.9. The maximum Gasteiger partial charge on any atom is 0.417 e. The highest BCUT2D eigenvalue weighted by atomic mass is 19.4. The van der Waals surface area contributed by atoms with Crippen molar-refractivity contribution in [2.75, 3.05) is 44.8 Å². The molecule has 1 fully saturated rings. The molecule has 0 aliphatic carbocycles. The summed E-state index contributed by atoms with van der Waals surface area (Å²) in [6.07, 6.45) is -4.78. The monoisotopic (exact) mass is 492 g/mol. The molecule has 7 nitrogen and oxygen atoms in total. The number of alkyl halides is 3. The highest BCUT2D eigenvalue weighted by Crippen LogP contribution is 2.35. The molecule has 1 heterocycles. The van der Waals surface area contributed by atoms with Crippen molar-refractivity contribution in [2.24, 2.45) is 0 Å². The molecule has 0 bridgehead atoms. The van der Waals surface area contributed by atoms with Gasteiger partial charge in [0.2, 0.25) is 11.8 Å². The van der Waals surface area contributed by atoms with Gasteiger partial charge in [-0.25, -0.2) is 4.39 Å². The van der Waals surface area contributed by atoms with Crippen LogP contribution in [-0.2, 0) is 26.9 Å². The fourth-order valence-electron chi connectivity index (χ4n) is 3.87. The van der Waals surface area contributed by atoms with Crippen molar-refractivity contribution in [3.8, 4) is 6.07 Å². The van der Waals surface area contributed by atoms with Gasteiger partial charge in [-0.15, -0.1) is 0 Å². The third-order valence-electron chi connectivity index (χ3n) is 5.67. The third kappa shape index (κ3) is 6.48. The zero-order chi connectivity index (χ0) is 25.6. The van der Waals surface area contributed by atoms with E-state index in [2.05, 4.69) is 5.32 Å². The second-order valence-corrected chi connectivity index (χ2v) is 7.98. The number of amides is 2. The average Bonchev–Trinajstić information content (AvgIpc) is 2.84. The van der Waals surface area contributed by atoms with Gasteiger partial charge >= 0.3 is 6.18 Å². The quantitative estimate of drug-likeness (QED) is 0.475. The van der Waals surface area contributed by atoms with Gasteiger partial charge in [0, 0.05) is 39.0 Å². The van der Waals surface area contributed by atoms with E-state index in [1.54, 1.807) is 11.0 Å². The van der Waals surface area contributed by atoms with Gasteiger partial charge in [-0.1, -0.05) is 12.1 Å². The van der Waals surface area contributed by atoms with Gasteiger partial charge in [-0.3, -0.25) is 9.59 Å². The van der Waals surface area contributed by atoms with Crippen molar-refractivity contribution in [1.82, 2.24) is 10.2 Å². The Balaban J connectivity index is 1.84. The highest BCUT2D eigenvalue weighted by Gasteiger charge is 2.37. The van der Waals surface area contributed by atoms with Gasteiger partial charge < -0.3 is 19.9 Å². The largest absolute Gasteiger partial charge is 0.417 e. The second kappa shape index (κ2) is 11.2. The van der Waals surface area contributed by atoms with Crippen LogP contribution in [0.1, 0.15) is 16.7 Å². The minimum absolute atomic E-state index is 0.0445. The van der Waals surface area contributed by atoms with E-state index < -0.39 is 35.1 Å². The molecule has 1 atom stereocenters. The number of carbonyl (C=O) groups excluding carboxylic acids is 2. The molecule has 1 N–H and O–H groups in total. The van der Waals surface area contributed by atoms with Crippen molar-refractivity contribution in [2.45, 2.75) is 18.6 Å². The number of hydrogen-bond acceptors (Lipinski definition) is 5. The zero-order valence-electron chi connectivity index (χ0n) is 18.9. The predicted molar refractivity (Wildman–Crippen MR) is 119 cm³/mol. The number of methoxy groups -OCH3 is 1. The number of carbonyl (C=O) groups is 2. The standard InChI is InChI=1S/C24H24F4N4O3/c1-35-11-8-30-23(34)21-15-31(19-7-4-17(14-29)20(13-19)24(26,27)28)9-10-32(21)22(33)12-16-2-5-18(25)6-3-16/h2-7,13,21H,8-12,15H2,1H3,(H,30,34). The number of hydrogen-bond donors (Lipinski definition) is 1. The molecule has 2 aromatic carbocycles. The Bertz CT molecular complexity index is 1100. The average molecular weight is 492 g/mol. The van der Waals surface area contributed by atoms with Crippen molar-refractivity contribution in [3.05, 3.63) is 65.0 Å². The van der Waals surface area contributed by atoms with Gasteiger partial charge in [0.05, 0.1) is 30.2 Å². The molecule has 35 heavy (non-hydrogen) atoms. The van der Waals surface area contributed by atoms with Crippen LogP contribution >= 0.6 is 0 Å². The Labute approximate surface area is 199 Å². The molecule has 0 radical (unpaired) electrons. The minimum atomic E-state index is -4.72. The van der Waals surface area contributed by atoms with Gasteiger partial charge in [-0.2, -0.15) is 18.4 Å². The summed E-state index contributed by atoms with van der Waals surface area (Å²) in [5.41, 5.74) is -0.799. The van der Waals surface area contributed by atoms with Gasteiger partial charge in [0.1, 0.15) is 11.9 Å². The fourth-order valence-corrected chi connectivity index (χ4v) is 3.87. The molecule has 1 unspecified atom stereocenters. The Morgan fingerprint density at radius 2 is 1.89 bits per heavy atom. The van der Waals surface area contributed by atoms with E-state index in [4.69, 9.17) is 10.00 Å². The van der Waals surface area contributed by atoms with Crippen LogP contribution in [0.25, 0.3) is 0 Å². The number of halogens is 4. The van der Waals surface area contributed by atoms with E-state index in [0.29, 0.717) is 5.56 Å². The number of nitriles is 1. The summed E-state index contributed by atoms with van der Waals surface area (Å²) in [5.74, 6) is -1.27. The lowest BCUT2D eigenvalue weighted by atomic mass is 10.0. The van der Waals surface area contributed by atoms with Gasteiger partial charge in [-0.05, 0) is 35.9 Å². The summed E-state index contributed by atoms with van der Waals surface area (Å²) in [6.45, 7) is 0.665. The van der Waals surface area contributed by atoms with Crippen LogP contribution in [-0.4, -0.2) is 62.7 Å². The molecule has 1 aliphatic heterocycles. The van der Waals surface area contributed by atoms with E-state index in [-0.39, 0.29) is 50.8 Å². The molecule has 2 amide bonds. The van der Waals surface area contributed by atoms with Crippen molar-refractivity contribution in [3.63, 3.8) is 0 Å². The third-order valence-corrected chi connectivity index (χ3v) is 5.67. The Kier molecular flexibility index (Phi) is 8.30. The van der Waals surface area contributed by atoms with Crippen molar-refractivity contribution in [1.29, 1.82) is 5.26 Å². The first-order valence-electron chi connectivity index (χ1n) is 10.8. The van der Waals surface area contributed by atoms with E-state index in [1.165, 1.54) is 42.3 Å². The first-order valence-corrected chi connectivity index (χ1v) is 10.8. The predicted octanol–water partition coefficient (Wildman–Crippen LogP) is 2.74. The summed E-state index contributed by atoms with van der Waals surface area (Å²) in [7, 11) is 1.47.